The second kappa shape index (κ2) is 4.64. The highest BCUT2D eigenvalue weighted by molar-refractivity contribution is 5.05. The number of aliphatic hydroxyl groups excluding tert-OH is 2. The molecule has 1 fully saturated rings. The zero-order chi connectivity index (χ0) is 14.4. The number of aryl methyl sites for hydroxylation is 1. The van der Waals surface area contributed by atoms with Gasteiger partial charge in [0, 0.05) is 6.20 Å². The van der Waals surface area contributed by atoms with Crippen LogP contribution in [-0.4, -0.2) is 49.3 Å². The lowest BCUT2D eigenvalue weighted by molar-refractivity contribution is -0.0990. The second-order valence-electron chi connectivity index (χ2n) is 4.74. The van der Waals surface area contributed by atoms with Crippen molar-refractivity contribution < 1.29 is 24.4 Å². The van der Waals surface area contributed by atoms with Crippen molar-refractivity contribution in [1.29, 1.82) is 0 Å². The van der Waals surface area contributed by atoms with Gasteiger partial charge in [-0.25, -0.2) is 9.18 Å². The molecule has 19 heavy (non-hydrogen) atoms. The summed E-state index contributed by atoms with van der Waals surface area (Å²) in [5.41, 5.74) is -2.73. The van der Waals surface area contributed by atoms with E-state index in [1.165, 1.54) is 13.8 Å². The van der Waals surface area contributed by atoms with Crippen LogP contribution in [0, 0.1) is 12.7 Å². The van der Waals surface area contributed by atoms with Crippen molar-refractivity contribution in [3.8, 4) is 0 Å². The van der Waals surface area contributed by atoms with Gasteiger partial charge >= 0.3 is 5.69 Å². The summed E-state index contributed by atoms with van der Waals surface area (Å²) in [7, 11) is 0. The van der Waals surface area contributed by atoms with Gasteiger partial charge in [-0.15, -0.1) is 0 Å². The van der Waals surface area contributed by atoms with Gasteiger partial charge in [-0.2, -0.15) is 4.98 Å². The lowest BCUT2D eigenvalue weighted by atomic mass is 9.96. The van der Waals surface area contributed by atoms with Crippen LogP contribution < -0.4 is 5.69 Å². The zero-order valence-electron chi connectivity index (χ0n) is 10.4. The lowest BCUT2D eigenvalue weighted by Gasteiger charge is -2.27. The van der Waals surface area contributed by atoms with E-state index < -0.39 is 42.2 Å². The summed E-state index contributed by atoms with van der Waals surface area (Å²) in [6.45, 7) is 2.03. The van der Waals surface area contributed by atoms with Crippen molar-refractivity contribution in [1.82, 2.24) is 9.55 Å². The van der Waals surface area contributed by atoms with Gasteiger partial charge in [0.15, 0.2) is 12.0 Å². The van der Waals surface area contributed by atoms with Crippen molar-refractivity contribution in [3.63, 3.8) is 0 Å². The first-order valence-electron chi connectivity index (χ1n) is 5.71. The minimum atomic E-state index is -1.85. The summed E-state index contributed by atoms with van der Waals surface area (Å²) in [5, 5.41) is 29.0. The number of rotatable bonds is 2. The van der Waals surface area contributed by atoms with Crippen molar-refractivity contribution in [2.45, 2.75) is 37.9 Å². The van der Waals surface area contributed by atoms with Crippen LogP contribution in [0.5, 0.6) is 0 Å². The summed E-state index contributed by atoms with van der Waals surface area (Å²) in [6, 6.07) is 0. The molecule has 2 heterocycles. The molecule has 106 valence electrons. The van der Waals surface area contributed by atoms with Gasteiger partial charge in [0.25, 0.3) is 0 Å². The summed E-state index contributed by atoms with van der Waals surface area (Å²) in [6.07, 6.45) is -2.93. The SMILES string of the molecule is Cc1nc(=O)n([C@@H]2O[C@H](CO)[C@@H](O)[C@@]2(C)O)cc1F. The second-order valence-corrected chi connectivity index (χ2v) is 4.74. The molecule has 1 aromatic heterocycles. The van der Waals surface area contributed by atoms with Gasteiger partial charge in [-0.05, 0) is 13.8 Å². The Hall–Kier alpha value is -1.35. The average molecular weight is 274 g/mol. The number of nitrogens with zero attached hydrogens (tertiary/aromatic N) is 2. The monoisotopic (exact) mass is 274 g/mol. The molecule has 1 aromatic rings. The molecule has 0 bridgehead atoms. The molecule has 0 aromatic carbocycles. The molecule has 1 aliphatic rings. The first-order valence-corrected chi connectivity index (χ1v) is 5.71. The van der Waals surface area contributed by atoms with E-state index in [2.05, 4.69) is 4.98 Å². The molecule has 0 unspecified atom stereocenters. The summed E-state index contributed by atoms with van der Waals surface area (Å²) in [5.74, 6) is -0.735. The van der Waals surface area contributed by atoms with Crippen LogP contribution in [0.3, 0.4) is 0 Å². The van der Waals surface area contributed by atoms with Gasteiger partial charge in [0.05, 0.1) is 12.3 Å². The fraction of sp³-hybridized carbons (Fsp3) is 0.636. The van der Waals surface area contributed by atoms with Gasteiger partial charge in [-0.1, -0.05) is 0 Å². The number of aromatic nitrogens is 2. The largest absolute Gasteiger partial charge is 0.394 e. The molecule has 0 radical (unpaired) electrons. The first-order chi connectivity index (χ1) is 8.78. The van der Waals surface area contributed by atoms with Crippen molar-refractivity contribution in [2.75, 3.05) is 6.61 Å². The molecule has 7 nitrogen and oxygen atoms in total. The Morgan fingerprint density at radius 2 is 2.26 bits per heavy atom. The molecule has 2 rings (SSSR count). The van der Waals surface area contributed by atoms with Crippen molar-refractivity contribution in [2.24, 2.45) is 0 Å². The summed E-state index contributed by atoms with van der Waals surface area (Å²) < 4.78 is 19.4. The molecule has 3 N–H and O–H groups in total. The van der Waals surface area contributed by atoms with Crippen LogP contribution in [-0.2, 0) is 4.74 Å². The highest BCUT2D eigenvalue weighted by atomic mass is 19.1. The maximum Gasteiger partial charge on any atom is 0.350 e. The van der Waals surface area contributed by atoms with E-state index in [-0.39, 0.29) is 5.69 Å². The Balaban J connectivity index is 2.48. The molecule has 4 atom stereocenters. The van der Waals surface area contributed by atoms with Gasteiger partial charge in [0.2, 0.25) is 0 Å². The molecule has 0 amide bonds. The normalized spacial score (nSPS) is 34.7. The first kappa shape index (κ1) is 14.1. The minimum absolute atomic E-state index is 0.0712. The van der Waals surface area contributed by atoms with Gasteiger partial charge in [0.1, 0.15) is 17.8 Å². The molecule has 8 heteroatoms. The van der Waals surface area contributed by atoms with Gasteiger partial charge in [-0.3, -0.25) is 4.57 Å². The molecule has 0 aliphatic carbocycles. The molecule has 0 saturated carbocycles. The van der Waals surface area contributed by atoms with E-state index in [0.717, 1.165) is 10.8 Å². The van der Waals surface area contributed by atoms with Crippen LogP contribution in [0.4, 0.5) is 4.39 Å². The summed E-state index contributed by atoms with van der Waals surface area (Å²) >= 11 is 0. The highest BCUT2D eigenvalue weighted by Gasteiger charge is 2.53. The Kier molecular flexibility index (Phi) is 3.43. The third-order valence-corrected chi connectivity index (χ3v) is 3.27. The molecule has 1 saturated heterocycles. The lowest BCUT2D eigenvalue weighted by Crippen LogP contribution is -2.46. The van der Waals surface area contributed by atoms with Crippen LogP contribution in [0.1, 0.15) is 18.8 Å². The quantitative estimate of drug-likeness (QED) is 0.618. The topological polar surface area (TPSA) is 105 Å². The Morgan fingerprint density at radius 3 is 2.79 bits per heavy atom. The van der Waals surface area contributed by atoms with Crippen LogP contribution in [0.15, 0.2) is 11.0 Å². The predicted molar refractivity (Wildman–Crippen MR) is 60.8 cm³/mol. The maximum atomic E-state index is 13.5. The Morgan fingerprint density at radius 1 is 1.63 bits per heavy atom. The average Bonchev–Trinajstić information content (AvgIpc) is 2.56. The van der Waals surface area contributed by atoms with Crippen molar-refractivity contribution in [3.05, 3.63) is 28.2 Å². The predicted octanol–water partition coefficient (Wildman–Crippen LogP) is -1.31. The minimum Gasteiger partial charge on any atom is -0.394 e. The van der Waals surface area contributed by atoms with E-state index in [9.17, 15) is 19.4 Å². The third-order valence-electron chi connectivity index (χ3n) is 3.27. The molecular weight excluding hydrogens is 259 g/mol. The van der Waals surface area contributed by atoms with Gasteiger partial charge < -0.3 is 20.1 Å². The van der Waals surface area contributed by atoms with Crippen LogP contribution in [0.25, 0.3) is 0 Å². The number of hydrogen-bond donors (Lipinski definition) is 3. The molecule has 0 spiro atoms. The Labute approximate surface area is 107 Å². The molecule has 1 aliphatic heterocycles. The van der Waals surface area contributed by atoms with E-state index in [1.54, 1.807) is 0 Å². The molecular formula is C11H15FN2O5. The number of ether oxygens (including phenoxy) is 1. The smallest absolute Gasteiger partial charge is 0.350 e. The number of aliphatic hydroxyl groups is 3. The van der Waals surface area contributed by atoms with E-state index in [1.807, 2.05) is 0 Å². The van der Waals surface area contributed by atoms with Crippen LogP contribution >= 0.6 is 0 Å². The maximum absolute atomic E-state index is 13.5. The van der Waals surface area contributed by atoms with Crippen LogP contribution in [0.2, 0.25) is 0 Å². The third kappa shape index (κ3) is 2.16. The zero-order valence-corrected chi connectivity index (χ0v) is 10.4. The highest BCUT2D eigenvalue weighted by Crippen LogP contribution is 2.37. The van der Waals surface area contributed by atoms with E-state index in [4.69, 9.17) is 9.84 Å². The Bertz CT molecular complexity index is 544. The van der Waals surface area contributed by atoms with E-state index in [0.29, 0.717) is 0 Å². The summed E-state index contributed by atoms with van der Waals surface area (Å²) in [4.78, 5) is 15.2. The standard InChI is InChI=1S/C11H15FN2O5/c1-5-6(12)3-14(10(17)13-5)9-11(2,18)8(16)7(4-15)19-9/h3,7-9,15-16,18H,4H2,1-2H3/t7-,8-,9-,11-/m1/s1. The van der Waals surface area contributed by atoms with E-state index >= 15 is 0 Å². The fourth-order valence-electron chi connectivity index (χ4n) is 2.08. The number of hydrogen-bond acceptors (Lipinski definition) is 6. The fourth-order valence-corrected chi connectivity index (χ4v) is 2.08. The van der Waals surface area contributed by atoms with Crippen molar-refractivity contribution >= 4 is 0 Å². The number of halogens is 1.